The molecule has 0 bridgehead atoms. The summed E-state index contributed by atoms with van der Waals surface area (Å²) in [6.45, 7) is 4.40. The largest absolute Gasteiger partial charge is 0.355 e. The van der Waals surface area contributed by atoms with Crippen molar-refractivity contribution in [2.45, 2.75) is 26.7 Å². The predicted molar refractivity (Wildman–Crippen MR) is 82.4 cm³/mol. The summed E-state index contributed by atoms with van der Waals surface area (Å²) in [5, 5.41) is 5.66. The molecule has 0 aliphatic heterocycles. The van der Waals surface area contributed by atoms with Crippen LogP contribution in [0.3, 0.4) is 0 Å². The zero-order valence-electron chi connectivity index (χ0n) is 11.7. The lowest BCUT2D eigenvalue weighted by Crippen LogP contribution is -2.29. The summed E-state index contributed by atoms with van der Waals surface area (Å²) in [5.74, 6) is 0.644. The van der Waals surface area contributed by atoms with Crippen LogP contribution in [0.5, 0.6) is 0 Å². The maximum Gasteiger partial charge on any atom is 0.226 e. The van der Waals surface area contributed by atoms with Crippen LogP contribution in [0.4, 0.5) is 5.69 Å². The van der Waals surface area contributed by atoms with Gasteiger partial charge in [0.25, 0.3) is 0 Å². The molecule has 1 aromatic rings. The van der Waals surface area contributed by atoms with Crippen LogP contribution < -0.4 is 10.6 Å². The molecule has 1 aromatic carbocycles. The molecule has 1 fully saturated rings. The normalized spacial score (nSPS) is 20.4. The first-order valence-corrected chi connectivity index (χ1v) is 7.60. The lowest BCUT2D eigenvalue weighted by Gasteiger charge is -2.09. The molecule has 20 heavy (non-hydrogen) atoms. The Balaban J connectivity index is 1.73. The minimum Gasteiger partial charge on any atom is -0.355 e. The molecule has 0 saturated heterocycles. The van der Waals surface area contributed by atoms with Gasteiger partial charge in [-0.05, 0) is 43.0 Å². The average Bonchev–Trinajstić information content (AvgIpc) is 3.10. The number of rotatable bonds is 5. The van der Waals surface area contributed by atoms with Gasteiger partial charge in [0.1, 0.15) is 0 Å². The molecular formula is C15H19BrN2O2. The molecule has 1 aliphatic carbocycles. The van der Waals surface area contributed by atoms with Gasteiger partial charge >= 0.3 is 0 Å². The van der Waals surface area contributed by atoms with Gasteiger partial charge in [0.2, 0.25) is 11.8 Å². The SMILES string of the molecule is Cc1cc(Br)ccc1NC(=O)CCNC(=O)[C@H]1C[C@@H]1C. The Bertz CT molecular complexity index is 531. The predicted octanol–water partition coefficient (Wildman–Crippen LogP) is 2.86. The Morgan fingerprint density at radius 1 is 1.40 bits per heavy atom. The first kappa shape index (κ1) is 15.0. The second kappa shape index (κ2) is 6.39. The Morgan fingerprint density at radius 2 is 2.10 bits per heavy atom. The Hall–Kier alpha value is -1.36. The van der Waals surface area contributed by atoms with E-state index in [1.807, 2.05) is 25.1 Å². The van der Waals surface area contributed by atoms with Crippen LogP contribution in [0, 0.1) is 18.8 Å². The number of halogens is 1. The van der Waals surface area contributed by atoms with Crippen molar-refractivity contribution in [3.63, 3.8) is 0 Å². The standard InChI is InChI=1S/C15H19BrN2O2/c1-9-8-12(9)15(20)17-6-5-14(19)18-13-4-3-11(16)7-10(13)2/h3-4,7,9,12H,5-6,8H2,1-2H3,(H,17,20)(H,18,19)/t9-,12-/m0/s1. The molecule has 4 nitrogen and oxygen atoms in total. The summed E-state index contributed by atoms with van der Waals surface area (Å²) >= 11 is 3.38. The summed E-state index contributed by atoms with van der Waals surface area (Å²) in [4.78, 5) is 23.4. The van der Waals surface area contributed by atoms with Gasteiger partial charge in [-0.25, -0.2) is 0 Å². The van der Waals surface area contributed by atoms with Crippen LogP contribution in [-0.2, 0) is 9.59 Å². The highest BCUT2D eigenvalue weighted by Crippen LogP contribution is 2.37. The summed E-state index contributed by atoms with van der Waals surface area (Å²) < 4.78 is 0.985. The van der Waals surface area contributed by atoms with Crippen molar-refractivity contribution < 1.29 is 9.59 Å². The Morgan fingerprint density at radius 3 is 2.70 bits per heavy atom. The van der Waals surface area contributed by atoms with Gasteiger partial charge in [-0.2, -0.15) is 0 Å². The van der Waals surface area contributed by atoms with E-state index in [0.717, 1.165) is 22.1 Å². The fourth-order valence-corrected chi connectivity index (χ4v) is 2.57. The van der Waals surface area contributed by atoms with Gasteiger partial charge in [-0.3, -0.25) is 9.59 Å². The van der Waals surface area contributed by atoms with E-state index < -0.39 is 0 Å². The molecule has 0 unspecified atom stereocenters. The summed E-state index contributed by atoms with van der Waals surface area (Å²) in [6.07, 6.45) is 1.26. The Kier molecular flexibility index (Phi) is 4.81. The van der Waals surface area contributed by atoms with Crippen molar-refractivity contribution in [3.05, 3.63) is 28.2 Å². The number of aryl methyl sites for hydroxylation is 1. The summed E-state index contributed by atoms with van der Waals surface area (Å²) in [6, 6.07) is 5.70. The van der Waals surface area contributed by atoms with Gasteiger partial charge in [-0.15, -0.1) is 0 Å². The Labute approximate surface area is 127 Å². The molecule has 2 rings (SSSR count). The van der Waals surface area contributed by atoms with Crippen LogP contribution in [-0.4, -0.2) is 18.4 Å². The monoisotopic (exact) mass is 338 g/mol. The quantitative estimate of drug-likeness (QED) is 0.867. The van der Waals surface area contributed by atoms with Crippen molar-refractivity contribution in [2.24, 2.45) is 11.8 Å². The molecule has 2 N–H and O–H groups in total. The van der Waals surface area contributed by atoms with Crippen LogP contribution in [0.15, 0.2) is 22.7 Å². The van der Waals surface area contributed by atoms with E-state index in [-0.39, 0.29) is 17.7 Å². The molecule has 0 radical (unpaired) electrons. The number of benzene rings is 1. The van der Waals surface area contributed by atoms with E-state index in [4.69, 9.17) is 0 Å². The third-order valence-electron chi connectivity index (χ3n) is 3.56. The number of hydrogen-bond acceptors (Lipinski definition) is 2. The molecule has 1 aliphatic rings. The number of amides is 2. The van der Waals surface area contributed by atoms with E-state index in [1.165, 1.54) is 0 Å². The average molecular weight is 339 g/mol. The van der Waals surface area contributed by atoms with Gasteiger partial charge in [-0.1, -0.05) is 22.9 Å². The number of carbonyl (C=O) groups is 2. The van der Waals surface area contributed by atoms with Crippen molar-refractivity contribution in [2.75, 3.05) is 11.9 Å². The third kappa shape index (κ3) is 4.07. The van der Waals surface area contributed by atoms with E-state index in [9.17, 15) is 9.59 Å². The van der Waals surface area contributed by atoms with Gasteiger partial charge in [0.15, 0.2) is 0 Å². The first-order chi connectivity index (χ1) is 9.47. The van der Waals surface area contributed by atoms with Crippen LogP contribution in [0.2, 0.25) is 0 Å². The highest BCUT2D eigenvalue weighted by atomic mass is 79.9. The van der Waals surface area contributed by atoms with Crippen molar-refractivity contribution in [1.82, 2.24) is 5.32 Å². The minimum absolute atomic E-state index is 0.0742. The van der Waals surface area contributed by atoms with Crippen LogP contribution in [0.1, 0.15) is 25.3 Å². The van der Waals surface area contributed by atoms with E-state index in [1.54, 1.807) is 0 Å². The highest BCUT2D eigenvalue weighted by molar-refractivity contribution is 9.10. The van der Waals surface area contributed by atoms with Gasteiger partial charge < -0.3 is 10.6 Å². The highest BCUT2D eigenvalue weighted by Gasteiger charge is 2.38. The summed E-state index contributed by atoms with van der Waals surface area (Å²) in [5.41, 5.74) is 1.81. The topological polar surface area (TPSA) is 58.2 Å². The van der Waals surface area contributed by atoms with Crippen molar-refractivity contribution in [1.29, 1.82) is 0 Å². The number of carbonyl (C=O) groups excluding carboxylic acids is 2. The number of nitrogens with one attached hydrogen (secondary N) is 2. The third-order valence-corrected chi connectivity index (χ3v) is 4.05. The van der Waals surface area contributed by atoms with E-state index >= 15 is 0 Å². The van der Waals surface area contributed by atoms with Crippen LogP contribution >= 0.6 is 15.9 Å². The van der Waals surface area contributed by atoms with Gasteiger partial charge in [0.05, 0.1) is 0 Å². The molecule has 0 heterocycles. The second-order valence-corrected chi connectivity index (χ2v) is 6.28. The van der Waals surface area contributed by atoms with Crippen molar-refractivity contribution >= 4 is 33.4 Å². The molecule has 0 spiro atoms. The molecule has 108 valence electrons. The lowest BCUT2D eigenvalue weighted by molar-refractivity contribution is -0.122. The van der Waals surface area contributed by atoms with Gasteiger partial charge in [0, 0.05) is 29.0 Å². The number of anilines is 1. The zero-order valence-corrected chi connectivity index (χ0v) is 13.3. The fraction of sp³-hybridized carbons (Fsp3) is 0.467. The molecule has 1 saturated carbocycles. The molecule has 0 aromatic heterocycles. The number of hydrogen-bond donors (Lipinski definition) is 2. The maximum atomic E-state index is 11.8. The summed E-state index contributed by atoms with van der Waals surface area (Å²) in [7, 11) is 0. The van der Waals surface area contributed by atoms with E-state index in [2.05, 4.69) is 33.5 Å². The van der Waals surface area contributed by atoms with E-state index in [0.29, 0.717) is 18.9 Å². The molecule has 2 amide bonds. The van der Waals surface area contributed by atoms with Crippen LogP contribution in [0.25, 0.3) is 0 Å². The zero-order chi connectivity index (χ0) is 14.7. The lowest BCUT2D eigenvalue weighted by atomic mass is 10.2. The first-order valence-electron chi connectivity index (χ1n) is 6.81. The fourth-order valence-electron chi connectivity index (χ4n) is 2.10. The van der Waals surface area contributed by atoms with Crippen molar-refractivity contribution in [3.8, 4) is 0 Å². The second-order valence-electron chi connectivity index (χ2n) is 5.37. The maximum absolute atomic E-state index is 11.8. The molecule has 5 heteroatoms. The minimum atomic E-state index is -0.0837. The molecule has 2 atom stereocenters. The smallest absolute Gasteiger partial charge is 0.226 e. The molecular weight excluding hydrogens is 320 g/mol.